The normalized spacial score (nSPS) is 13.7. The third-order valence-electron chi connectivity index (χ3n) is 2.20. The SMILES string of the molecule is CC(C)(C)C(O)C(=O)c1ccc(Cl)cc1. The molecule has 1 atom stereocenters. The van der Waals surface area contributed by atoms with Crippen molar-refractivity contribution in [2.45, 2.75) is 26.9 Å². The van der Waals surface area contributed by atoms with Crippen LogP contribution in [0.5, 0.6) is 0 Å². The summed E-state index contributed by atoms with van der Waals surface area (Å²) in [6.45, 7) is 5.47. The van der Waals surface area contributed by atoms with Crippen LogP contribution in [0.25, 0.3) is 0 Å². The first-order valence-electron chi connectivity index (χ1n) is 4.80. The van der Waals surface area contributed by atoms with Crippen LogP contribution in [0.4, 0.5) is 0 Å². The number of halogens is 1. The van der Waals surface area contributed by atoms with Crippen molar-refractivity contribution in [1.82, 2.24) is 0 Å². The zero-order valence-electron chi connectivity index (χ0n) is 9.12. The van der Waals surface area contributed by atoms with Crippen LogP contribution < -0.4 is 0 Å². The van der Waals surface area contributed by atoms with E-state index in [9.17, 15) is 9.90 Å². The topological polar surface area (TPSA) is 37.3 Å². The highest BCUT2D eigenvalue weighted by atomic mass is 35.5. The van der Waals surface area contributed by atoms with Crippen LogP contribution in [0.2, 0.25) is 5.02 Å². The van der Waals surface area contributed by atoms with Crippen LogP contribution in [0, 0.1) is 5.41 Å². The Morgan fingerprint density at radius 1 is 1.27 bits per heavy atom. The van der Waals surface area contributed by atoms with Gasteiger partial charge in [-0.1, -0.05) is 32.4 Å². The average Bonchev–Trinajstić information content (AvgIpc) is 2.15. The number of benzene rings is 1. The molecule has 82 valence electrons. The Bertz CT molecular complexity index is 349. The molecule has 1 aromatic rings. The monoisotopic (exact) mass is 226 g/mol. The number of hydrogen-bond donors (Lipinski definition) is 1. The second-order valence-electron chi connectivity index (χ2n) is 4.64. The van der Waals surface area contributed by atoms with E-state index >= 15 is 0 Å². The fourth-order valence-corrected chi connectivity index (χ4v) is 1.29. The average molecular weight is 227 g/mol. The number of carbonyl (C=O) groups excluding carboxylic acids is 1. The molecule has 0 saturated carbocycles. The lowest BCUT2D eigenvalue weighted by Gasteiger charge is -2.24. The Hall–Kier alpha value is -0.860. The standard InChI is InChI=1S/C12H15ClO2/c1-12(2,3)11(15)10(14)8-4-6-9(13)7-5-8/h4-7,11,15H,1-3H3. The lowest BCUT2D eigenvalue weighted by molar-refractivity contribution is 0.0443. The van der Waals surface area contributed by atoms with Crippen LogP contribution in [0.3, 0.4) is 0 Å². The lowest BCUT2D eigenvalue weighted by atomic mass is 9.84. The van der Waals surface area contributed by atoms with E-state index in [0.29, 0.717) is 10.6 Å². The molecule has 0 aromatic heterocycles. The number of aliphatic hydroxyl groups is 1. The van der Waals surface area contributed by atoms with E-state index in [0.717, 1.165) is 0 Å². The van der Waals surface area contributed by atoms with Crippen LogP contribution in [0.15, 0.2) is 24.3 Å². The lowest BCUT2D eigenvalue weighted by Crippen LogP contribution is -2.34. The van der Waals surface area contributed by atoms with Crippen molar-refractivity contribution in [2.75, 3.05) is 0 Å². The number of carbonyl (C=O) groups is 1. The van der Waals surface area contributed by atoms with Gasteiger partial charge in [0.1, 0.15) is 6.10 Å². The summed E-state index contributed by atoms with van der Waals surface area (Å²) < 4.78 is 0. The molecule has 0 radical (unpaired) electrons. The number of Topliss-reactive ketones (excluding diaryl/α,β-unsaturated/α-hetero) is 1. The minimum atomic E-state index is -0.987. The fraction of sp³-hybridized carbons (Fsp3) is 0.417. The summed E-state index contributed by atoms with van der Waals surface area (Å²) in [5.41, 5.74) is 0.0401. The Labute approximate surface area is 94.9 Å². The maximum atomic E-state index is 11.8. The number of aliphatic hydroxyl groups excluding tert-OH is 1. The van der Waals surface area contributed by atoms with Gasteiger partial charge in [-0.25, -0.2) is 0 Å². The largest absolute Gasteiger partial charge is 0.384 e. The molecule has 1 N–H and O–H groups in total. The van der Waals surface area contributed by atoms with E-state index in [1.165, 1.54) is 0 Å². The molecule has 0 fully saturated rings. The van der Waals surface area contributed by atoms with Crippen molar-refractivity contribution in [3.8, 4) is 0 Å². The van der Waals surface area contributed by atoms with Gasteiger partial charge in [-0.2, -0.15) is 0 Å². The highest BCUT2D eigenvalue weighted by Gasteiger charge is 2.29. The van der Waals surface area contributed by atoms with Gasteiger partial charge in [0, 0.05) is 10.6 Å². The number of ketones is 1. The van der Waals surface area contributed by atoms with Gasteiger partial charge in [-0.05, 0) is 29.7 Å². The van der Waals surface area contributed by atoms with Crippen molar-refractivity contribution in [2.24, 2.45) is 5.41 Å². The summed E-state index contributed by atoms with van der Waals surface area (Å²) in [4.78, 5) is 11.8. The molecule has 0 amide bonds. The highest BCUT2D eigenvalue weighted by Crippen LogP contribution is 2.23. The summed E-state index contributed by atoms with van der Waals surface area (Å²) in [5.74, 6) is -0.265. The maximum absolute atomic E-state index is 11.8. The molecule has 0 heterocycles. The van der Waals surface area contributed by atoms with Gasteiger partial charge in [0.2, 0.25) is 0 Å². The molecule has 1 rings (SSSR count). The second-order valence-corrected chi connectivity index (χ2v) is 5.08. The molecule has 0 aliphatic rings. The summed E-state index contributed by atoms with van der Waals surface area (Å²) >= 11 is 5.71. The van der Waals surface area contributed by atoms with Gasteiger partial charge < -0.3 is 5.11 Å². The molecule has 0 spiro atoms. The van der Waals surface area contributed by atoms with E-state index in [2.05, 4.69) is 0 Å². The predicted molar refractivity (Wildman–Crippen MR) is 61.2 cm³/mol. The van der Waals surface area contributed by atoms with Crippen molar-refractivity contribution in [1.29, 1.82) is 0 Å². The molecule has 1 aromatic carbocycles. The Morgan fingerprint density at radius 3 is 2.13 bits per heavy atom. The number of hydrogen-bond acceptors (Lipinski definition) is 2. The first-order chi connectivity index (χ1) is 6.82. The van der Waals surface area contributed by atoms with Gasteiger partial charge in [0.05, 0.1) is 0 Å². The van der Waals surface area contributed by atoms with Crippen molar-refractivity contribution in [3.63, 3.8) is 0 Å². The molecule has 1 unspecified atom stereocenters. The van der Waals surface area contributed by atoms with Crippen LogP contribution in [0.1, 0.15) is 31.1 Å². The Kier molecular flexibility index (Phi) is 3.53. The van der Waals surface area contributed by atoms with E-state index < -0.39 is 11.5 Å². The van der Waals surface area contributed by atoms with Crippen LogP contribution in [-0.2, 0) is 0 Å². The molecule has 0 saturated heterocycles. The first kappa shape index (κ1) is 12.2. The minimum Gasteiger partial charge on any atom is -0.384 e. The molecule has 0 aliphatic carbocycles. The predicted octanol–water partition coefficient (Wildman–Crippen LogP) is 2.93. The van der Waals surface area contributed by atoms with Crippen LogP contribution >= 0.6 is 11.6 Å². The van der Waals surface area contributed by atoms with Gasteiger partial charge in [0.25, 0.3) is 0 Å². The van der Waals surface area contributed by atoms with Crippen molar-refractivity contribution in [3.05, 3.63) is 34.9 Å². The number of rotatable bonds is 2. The van der Waals surface area contributed by atoms with Crippen molar-refractivity contribution < 1.29 is 9.90 Å². The summed E-state index contributed by atoms with van der Waals surface area (Å²) in [5, 5.41) is 10.4. The summed E-state index contributed by atoms with van der Waals surface area (Å²) in [7, 11) is 0. The molecule has 0 bridgehead atoms. The molecular weight excluding hydrogens is 212 g/mol. The third-order valence-corrected chi connectivity index (χ3v) is 2.45. The Balaban J connectivity index is 2.90. The van der Waals surface area contributed by atoms with Crippen LogP contribution in [-0.4, -0.2) is 17.0 Å². The van der Waals surface area contributed by atoms with E-state index in [4.69, 9.17) is 11.6 Å². The van der Waals surface area contributed by atoms with Gasteiger partial charge in [-0.3, -0.25) is 4.79 Å². The zero-order valence-corrected chi connectivity index (χ0v) is 9.88. The quantitative estimate of drug-likeness (QED) is 0.788. The van der Waals surface area contributed by atoms with Gasteiger partial charge in [0.15, 0.2) is 5.78 Å². The molecule has 15 heavy (non-hydrogen) atoms. The van der Waals surface area contributed by atoms with Crippen molar-refractivity contribution >= 4 is 17.4 Å². The smallest absolute Gasteiger partial charge is 0.191 e. The van der Waals surface area contributed by atoms with E-state index in [1.54, 1.807) is 24.3 Å². The van der Waals surface area contributed by atoms with E-state index in [1.807, 2.05) is 20.8 Å². The first-order valence-corrected chi connectivity index (χ1v) is 5.18. The zero-order chi connectivity index (χ0) is 11.6. The summed E-state index contributed by atoms with van der Waals surface area (Å²) in [6, 6.07) is 6.54. The van der Waals surface area contributed by atoms with E-state index in [-0.39, 0.29) is 5.78 Å². The molecular formula is C12H15ClO2. The Morgan fingerprint density at radius 2 is 1.73 bits per heavy atom. The summed E-state index contributed by atoms with van der Waals surface area (Å²) in [6.07, 6.45) is -0.987. The maximum Gasteiger partial charge on any atom is 0.191 e. The third kappa shape index (κ3) is 3.05. The second kappa shape index (κ2) is 4.33. The molecule has 0 aliphatic heterocycles. The molecule has 2 nitrogen and oxygen atoms in total. The highest BCUT2D eigenvalue weighted by molar-refractivity contribution is 6.30. The fourth-order valence-electron chi connectivity index (χ4n) is 1.17. The van der Waals surface area contributed by atoms with Gasteiger partial charge >= 0.3 is 0 Å². The van der Waals surface area contributed by atoms with Gasteiger partial charge in [-0.15, -0.1) is 0 Å². The minimum absolute atomic E-state index is 0.265. The molecule has 3 heteroatoms.